The standard InChI is InChI=1S/C12H22N4/c1-3-16-9-14-15-12(16)7-10(2)11-5-4-6-13-8-11/h9-11,13H,3-8H2,1-2H3. The van der Waals surface area contributed by atoms with E-state index < -0.39 is 0 Å². The lowest BCUT2D eigenvalue weighted by Crippen LogP contribution is -2.34. The molecule has 2 atom stereocenters. The van der Waals surface area contributed by atoms with Gasteiger partial charge in [-0.25, -0.2) is 0 Å². The second kappa shape index (κ2) is 5.43. The summed E-state index contributed by atoms with van der Waals surface area (Å²) in [5.41, 5.74) is 0. The van der Waals surface area contributed by atoms with E-state index in [4.69, 9.17) is 0 Å². The van der Waals surface area contributed by atoms with Gasteiger partial charge in [-0.2, -0.15) is 0 Å². The molecule has 1 saturated heterocycles. The molecule has 1 aromatic heterocycles. The maximum Gasteiger partial charge on any atom is 0.133 e. The monoisotopic (exact) mass is 222 g/mol. The maximum absolute atomic E-state index is 4.21. The van der Waals surface area contributed by atoms with Crippen LogP contribution < -0.4 is 5.32 Å². The van der Waals surface area contributed by atoms with Crippen LogP contribution in [0.1, 0.15) is 32.5 Å². The molecule has 0 aliphatic carbocycles. The van der Waals surface area contributed by atoms with Crippen LogP contribution >= 0.6 is 0 Å². The zero-order chi connectivity index (χ0) is 11.4. The van der Waals surface area contributed by atoms with Crippen molar-refractivity contribution < 1.29 is 0 Å². The second-order valence-electron chi connectivity index (χ2n) is 4.82. The lowest BCUT2D eigenvalue weighted by atomic mass is 9.85. The van der Waals surface area contributed by atoms with Crippen LogP contribution in [0, 0.1) is 11.8 Å². The first-order valence-corrected chi connectivity index (χ1v) is 6.38. The van der Waals surface area contributed by atoms with Crippen molar-refractivity contribution in [2.24, 2.45) is 11.8 Å². The van der Waals surface area contributed by atoms with Gasteiger partial charge in [-0.05, 0) is 44.7 Å². The van der Waals surface area contributed by atoms with Crippen LogP contribution in [0.2, 0.25) is 0 Å². The Bertz CT molecular complexity index is 315. The van der Waals surface area contributed by atoms with Crippen LogP contribution in [-0.4, -0.2) is 27.9 Å². The highest BCUT2D eigenvalue weighted by atomic mass is 15.3. The molecule has 4 heteroatoms. The van der Waals surface area contributed by atoms with Gasteiger partial charge in [-0.3, -0.25) is 0 Å². The van der Waals surface area contributed by atoms with Gasteiger partial charge in [0.05, 0.1) is 0 Å². The van der Waals surface area contributed by atoms with Gasteiger partial charge in [0.1, 0.15) is 12.2 Å². The highest BCUT2D eigenvalue weighted by molar-refractivity contribution is 4.89. The third kappa shape index (κ3) is 2.61. The molecule has 1 aliphatic heterocycles. The average Bonchev–Trinajstić information content (AvgIpc) is 2.77. The Balaban J connectivity index is 1.93. The Morgan fingerprint density at radius 2 is 2.50 bits per heavy atom. The number of nitrogens with zero attached hydrogens (tertiary/aromatic N) is 3. The van der Waals surface area contributed by atoms with E-state index in [1.54, 1.807) is 0 Å². The van der Waals surface area contributed by atoms with Crippen molar-refractivity contribution in [2.75, 3.05) is 13.1 Å². The maximum atomic E-state index is 4.21. The van der Waals surface area contributed by atoms with Gasteiger partial charge in [-0.1, -0.05) is 6.92 Å². The largest absolute Gasteiger partial charge is 0.318 e. The van der Waals surface area contributed by atoms with Gasteiger partial charge < -0.3 is 9.88 Å². The molecule has 0 saturated carbocycles. The topological polar surface area (TPSA) is 42.7 Å². The Morgan fingerprint density at radius 1 is 1.62 bits per heavy atom. The Kier molecular flexibility index (Phi) is 3.93. The van der Waals surface area contributed by atoms with Gasteiger partial charge in [-0.15, -0.1) is 10.2 Å². The van der Waals surface area contributed by atoms with Crippen molar-refractivity contribution in [3.63, 3.8) is 0 Å². The molecule has 0 bridgehead atoms. The van der Waals surface area contributed by atoms with Crippen molar-refractivity contribution in [1.29, 1.82) is 0 Å². The van der Waals surface area contributed by atoms with Crippen molar-refractivity contribution in [3.05, 3.63) is 12.2 Å². The number of rotatable bonds is 4. The predicted octanol–water partition coefficient (Wildman–Crippen LogP) is 1.48. The molecule has 90 valence electrons. The fraction of sp³-hybridized carbons (Fsp3) is 0.833. The smallest absolute Gasteiger partial charge is 0.133 e. The molecule has 1 aliphatic rings. The third-order valence-corrected chi connectivity index (χ3v) is 3.68. The normalized spacial score (nSPS) is 23.2. The summed E-state index contributed by atoms with van der Waals surface area (Å²) in [6.07, 6.45) is 5.56. The zero-order valence-corrected chi connectivity index (χ0v) is 10.3. The average molecular weight is 222 g/mol. The first kappa shape index (κ1) is 11.6. The minimum absolute atomic E-state index is 0.697. The molecule has 2 heterocycles. The number of piperidine rings is 1. The van der Waals surface area contributed by atoms with E-state index >= 15 is 0 Å². The molecule has 1 fully saturated rings. The van der Waals surface area contributed by atoms with E-state index in [2.05, 4.69) is 33.9 Å². The van der Waals surface area contributed by atoms with Gasteiger partial charge in [0.25, 0.3) is 0 Å². The molecular weight excluding hydrogens is 200 g/mol. The number of aromatic nitrogens is 3. The molecule has 1 N–H and O–H groups in total. The summed E-state index contributed by atoms with van der Waals surface area (Å²) in [5, 5.41) is 11.7. The van der Waals surface area contributed by atoms with Crippen molar-refractivity contribution >= 4 is 0 Å². The summed E-state index contributed by atoms with van der Waals surface area (Å²) in [5.74, 6) is 2.64. The Labute approximate surface area is 97.5 Å². The first-order chi connectivity index (χ1) is 7.81. The number of hydrogen-bond acceptors (Lipinski definition) is 3. The molecule has 2 rings (SSSR count). The molecule has 16 heavy (non-hydrogen) atoms. The second-order valence-corrected chi connectivity index (χ2v) is 4.82. The molecular formula is C12H22N4. The summed E-state index contributed by atoms with van der Waals surface area (Å²) in [7, 11) is 0. The molecule has 0 spiro atoms. The first-order valence-electron chi connectivity index (χ1n) is 6.38. The predicted molar refractivity (Wildman–Crippen MR) is 64.2 cm³/mol. The Hall–Kier alpha value is -0.900. The lowest BCUT2D eigenvalue weighted by molar-refractivity contribution is 0.274. The van der Waals surface area contributed by atoms with E-state index in [0.717, 1.165) is 24.7 Å². The fourth-order valence-electron chi connectivity index (χ4n) is 2.52. The van der Waals surface area contributed by atoms with Crippen LogP contribution in [0.15, 0.2) is 6.33 Å². The summed E-state index contributed by atoms with van der Waals surface area (Å²) in [6.45, 7) is 7.81. The van der Waals surface area contributed by atoms with E-state index in [9.17, 15) is 0 Å². The minimum atomic E-state index is 0.697. The van der Waals surface area contributed by atoms with E-state index in [-0.39, 0.29) is 0 Å². The fourth-order valence-corrected chi connectivity index (χ4v) is 2.52. The van der Waals surface area contributed by atoms with Crippen LogP contribution in [-0.2, 0) is 13.0 Å². The summed E-state index contributed by atoms with van der Waals surface area (Å²) >= 11 is 0. The van der Waals surface area contributed by atoms with Gasteiger partial charge in [0, 0.05) is 13.0 Å². The third-order valence-electron chi connectivity index (χ3n) is 3.68. The summed E-state index contributed by atoms with van der Waals surface area (Å²) in [6, 6.07) is 0. The van der Waals surface area contributed by atoms with Gasteiger partial charge in [0.2, 0.25) is 0 Å². The molecule has 0 radical (unpaired) electrons. The number of hydrogen-bond donors (Lipinski definition) is 1. The van der Waals surface area contributed by atoms with Crippen molar-refractivity contribution in [2.45, 2.75) is 39.7 Å². The van der Waals surface area contributed by atoms with Gasteiger partial charge in [0.15, 0.2) is 0 Å². The quantitative estimate of drug-likeness (QED) is 0.839. The van der Waals surface area contributed by atoms with Crippen molar-refractivity contribution in [3.8, 4) is 0 Å². The molecule has 2 unspecified atom stereocenters. The minimum Gasteiger partial charge on any atom is -0.318 e. The Morgan fingerprint density at radius 3 is 3.19 bits per heavy atom. The summed E-state index contributed by atoms with van der Waals surface area (Å²) in [4.78, 5) is 0. The van der Waals surface area contributed by atoms with E-state index in [1.165, 1.54) is 25.9 Å². The van der Waals surface area contributed by atoms with Crippen molar-refractivity contribution in [1.82, 2.24) is 20.1 Å². The highest BCUT2D eigenvalue weighted by Crippen LogP contribution is 2.22. The highest BCUT2D eigenvalue weighted by Gasteiger charge is 2.21. The number of nitrogens with one attached hydrogen (secondary N) is 1. The van der Waals surface area contributed by atoms with Crippen LogP contribution in [0.4, 0.5) is 0 Å². The molecule has 1 aromatic rings. The molecule has 0 amide bonds. The lowest BCUT2D eigenvalue weighted by Gasteiger charge is -2.28. The van der Waals surface area contributed by atoms with Crippen LogP contribution in [0.25, 0.3) is 0 Å². The van der Waals surface area contributed by atoms with Crippen LogP contribution in [0.3, 0.4) is 0 Å². The summed E-state index contributed by atoms with van der Waals surface area (Å²) < 4.78 is 2.15. The van der Waals surface area contributed by atoms with E-state index in [0.29, 0.717) is 5.92 Å². The molecule has 0 aromatic carbocycles. The van der Waals surface area contributed by atoms with E-state index in [1.807, 2.05) is 6.33 Å². The SMILES string of the molecule is CCn1cnnc1CC(C)C1CCCNC1. The molecule has 4 nitrogen and oxygen atoms in total. The van der Waals surface area contributed by atoms with Crippen LogP contribution in [0.5, 0.6) is 0 Å². The zero-order valence-electron chi connectivity index (χ0n) is 10.3. The van der Waals surface area contributed by atoms with Gasteiger partial charge >= 0.3 is 0 Å². The number of aryl methyl sites for hydroxylation is 1.